The monoisotopic (exact) mass is 436 g/mol. The Balaban J connectivity index is 1.30. The molecule has 3 aromatic rings. The molecule has 0 aliphatic carbocycles. The van der Waals surface area contributed by atoms with E-state index in [0.29, 0.717) is 41.2 Å². The number of thioether (sulfide) groups is 1. The minimum atomic E-state index is -0.287. The van der Waals surface area contributed by atoms with Gasteiger partial charge in [0, 0.05) is 11.8 Å². The van der Waals surface area contributed by atoms with E-state index < -0.39 is 0 Å². The molecule has 2 aromatic carbocycles. The summed E-state index contributed by atoms with van der Waals surface area (Å²) >= 11 is 2.84. The smallest absolute Gasteiger partial charge is 0.250 e. The normalized spacial score (nSPS) is 12.5. The molecular weight excluding hydrogens is 420 g/mol. The first kappa shape index (κ1) is 19.9. The van der Waals surface area contributed by atoms with Gasteiger partial charge in [0.05, 0.1) is 11.6 Å². The van der Waals surface area contributed by atoms with Gasteiger partial charge in [-0.2, -0.15) is 5.26 Å². The Hall–Kier alpha value is -3.35. The van der Waals surface area contributed by atoms with Crippen molar-refractivity contribution in [2.24, 2.45) is 0 Å². The van der Waals surface area contributed by atoms with E-state index in [4.69, 9.17) is 14.7 Å². The number of nitrogens with one attached hydrogen (secondary N) is 1. The quantitative estimate of drug-likeness (QED) is 0.353. The maximum atomic E-state index is 12.2. The number of carbonyl (C=O) groups excluding carboxylic acids is 1. The minimum absolute atomic E-state index is 0.287. The van der Waals surface area contributed by atoms with Crippen LogP contribution < -0.4 is 14.8 Å². The molecule has 1 aliphatic rings. The average molecular weight is 437 g/mol. The molecule has 1 aliphatic heterocycles. The number of ether oxygens (including phenoxy) is 2. The summed E-state index contributed by atoms with van der Waals surface area (Å²) in [5, 5.41) is 20.1. The zero-order valence-corrected chi connectivity index (χ0v) is 17.3. The van der Waals surface area contributed by atoms with E-state index in [9.17, 15) is 4.79 Å². The largest absolute Gasteiger partial charge is 0.486 e. The third kappa shape index (κ3) is 5.17. The first-order valence-electron chi connectivity index (χ1n) is 9.04. The van der Waals surface area contributed by atoms with Crippen LogP contribution in [0.15, 0.2) is 52.9 Å². The Kier molecular flexibility index (Phi) is 6.27. The van der Waals surface area contributed by atoms with Crippen LogP contribution in [0.1, 0.15) is 16.7 Å². The number of nitriles is 1. The highest BCUT2D eigenvalue weighted by molar-refractivity contribution is 8.00. The van der Waals surface area contributed by atoms with Crippen molar-refractivity contribution in [2.75, 3.05) is 18.5 Å². The van der Waals surface area contributed by atoms with Crippen LogP contribution in [0.2, 0.25) is 0 Å². The molecule has 0 unspecified atom stereocenters. The number of hydrogen-bond acceptors (Lipinski definition) is 8. The predicted octanol–water partition coefficient (Wildman–Crippen LogP) is 4.13. The predicted molar refractivity (Wildman–Crippen MR) is 116 cm³/mol. The molecule has 1 N–H and O–H groups in total. The van der Waals surface area contributed by atoms with Gasteiger partial charge in [-0.15, -0.1) is 10.2 Å². The van der Waals surface area contributed by atoms with Gasteiger partial charge in [-0.05, 0) is 41.5 Å². The number of benzene rings is 2. The Morgan fingerprint density at radius 1 is 1.17 bits per heavy atom. The lowest BCUT2D eigenvalue weighted by Crippen LogP contribution is -2.15. The number of aromatic nitrogens is 2. The second-order valence-electron chi connectivity index (χ2n) is 6.20. The highest BCUT2D eigenvalue weighted by atomic mass is 32.2. The van der Waals surface area contributed by atoms with Crippen molar-refractivity contribution in [3.8, 4) is 17.6 Å². The van der Waals surface area contributed by atoms with Crippen molar-refractivity contribution in [3.05, 3.63) is 65.2 Å². The number of fused-ring (bicyclic) bond motifs is 1. The van der Waals surface area contributed by atoms with Crippen molar-refractivity contribution >= 4 is 40.2 Å². The van der Waals surface area contributed by atoms with Crippen LogP contribution in [0.3, 0.4) is 0 Å². The standard InChI is InChI=1S/C21H16N4O3S2/c22-12-15-1-3-16(4-2-15)13-29-21-25-24-20(30-21)23-19(26)8-6-14-5-7-17-18(11-14)28-10-9-27-17/h1-8,11H,9-10,13H2,(H,23,24,26)/b8-6+. The topological polar surface area (TPSA) is 97.1 Å². The minimum Gasteiger partial charge on any atom is -0.486 e. The van der Waals surface area contributed by atoms with Crippen LogP contribution >= 0.6 is 23.1 Å². The van der Waals surface area contributed by atoms with E-state index in [2.05, 4.69) is 21.6 Å². The average Bonchev–Trinajstić information content (AvgIpc) is 3.23. The molecule has 9 heteroatoms. The molecule has 0 fully saturated rings. The Morgan fingerprint density at radius 2 is 1.97 bits per heavy atom. The van der Waals surface area contributed by atoms with Gasteiger partial charge in [0.1, 0.15) is 13.2 Å². The van der Waals surface area contributed by atoms with Gasteiger partial charge in [0.25, 0.3) is 0 Å². The molecule has 1 amide bonds. The first-order valence-corrected chi connectivity index (χ1v) is 10.8. The van der Waals surface area contributed by atoms with Gasteiger partial charge in [-0.25, -0.2) is 0 Å². The van der Waals surface area contributed by atoms with Gasteiger partial charge in [0.2, 0.25) is 11.0 Å². The number of hydrogen-bond donors (Lipinski definition) is 1. The third-order valence-electron chi connectivity index (χ3n) is 4.08. The summed E-state index contributed by atoms with van der Waals surface area (Å²) in [6.07, 6.45) is 3.14. The zero-order chi connectivity index (χ0) is 20.8. The highest BCUT2D eigenvalue weighted by Gasteiger charge is 2.11. The fourth-order valence-electron chi connectivity index (χ4n) is 2.62. The van der Waals surface area contributed by atoms with Gasteiger partial charge in [-0.3, -0.25) is 10.1 Å². The van der Waals surface area contributed by atoms with Crippen LogP contribution in [0, 0.1) is 11.3 Å². The van der Waals surface area contributed by atoms with Crippen molar-refractivity contribution in [2.45, 2.75) is 10.1 Å². The van der Waals surface area contributed by atoms with Gasteiger partial charge < -0.3 is 9.47 Å². The van der Waals surface area contributed by atoms with Crippen LogP contribution in [0.5, 0.6) is 11.5 Å². The molecule has 2 heterocycles. The molecule has 0 radical (unpaired) electrons. The summed E-state index contributed by atoms with van der Waals surface area (Å²) in [5.74, 6) is 1.81. The maximum Gasteiger partial charge on any atom is 0.250 e. The van der Waals surface area contributed by atoms with Gasteiger partial charge in [-0.1, -0.05) is 41.3 Å². The number of amides is 1. The van der Waals surface area contributed by atoms with E-state index in [1.165, 1.54) is 29.2 Å². The lowest BCUT2D eigenvalue weighted by atomic mass is 10.2. The van der Waals surface area contributed by atoms with E-state index in [1.54, 1.807) is 18.2 Å². The third-order valence-corrected chi connectivity index (χ3v) is 6.12. The van der Waals surface area contributed by atoms with Crippen molar-refractivity contribution in [1.29, 1.82) is 5.26 Å². The molecule has 1 aromatic heterocycles. The van der Waals surface area contributed by atoms with Crippen LogP contribution in [0.25, 0.3) is 6.08 Å². The summed E-state index contributed by atoms with van der Waals surface area (Å²) < 4.78 is 11.8. The second kappa shape index (κ2) is 9.43. The molecule has 0 saturated carbocycles. The molecule has 0 saturated heterocycles. The zero-order valence-electron chi connectivity index (χ0n) is 15.7. The summed E-state index contributed by atoms with van der Waals surface area (Å²) in [7, 11) is 0. The lowest BCUT2D eigenvalue weighted by molar-refractivity contribution is -0.111. The number of carbonyl (C=O) groups is 1. The fourth-order valence-corrected chi connectivity index (χ4v) is 4.33. The summed E-state index contributed by atoms with van der Waals surface area (Å²) in [6.45, 7) is 1.06. The molecule has 0 bridgehead atoms. The molecule has 0 spiro atoms. The van der Waals surface area contributed by atoms with Crippen molar-refractivity contribution < 1.29 is 14.3 Å². The Labute approximate surface area is 181 Å². The first-order chi connectivity index (χ1) is 14.7. The molecule has 150 valence electrons. The summed E-state index contributed by atoms with van der Waals surface area (Å²) in [6, 6.07) is 15.0. The maximum absolute atomic E-state index is 12.2. The molecule has 4 rings (SSSR count). The molecule has 30 heavy (non-hydrogen) atoms. The number of rotatable bonds is 6. The SMILES string of the molecule is N#Cc1ccc(CSc2nnc(NC(=O)/C=C/c3ccc4c(c3)OCCO4)s2)cc1. The van der Waals surface area contributed by atoms with E-state index >= 15 is 0 Å². The summed E-state index contributed by atoms with van der Waals surface area (Å²) in [4.78, 5) is 12.2. The van der Waals surface area contributed by atoms with Crippen LogP contribution in [-0.2, 0) is 10.5 Å². The Morgan fingerprint density at radius 3 is 2.77 bits per heavy atom. The van der Waals surface area contributed by atoms with E-state index in [0.717, 1.165) is 15.5 Å². The lowest BCUT2D eigenvalue weighted by Gasteiger charge is -2.18. The highest BCUT2D eigenvalue weighted by Crippen LogP contribution is 2.31. The van der Waals surface area contributed by atoms with Crippen molar-refractivity contribution in [1.82, 2.24) is 10.2 Å². The van der Waals surface area contributed by atoms with Gasteiger partial charge >= 0.3 is 0 Å². The van der Waals surface area contributed by atoms with E-state index in [1.807, 2.05) is 30.3 Å². The van der Waals surface area contributed by atoms with Crippen LogP contribution in [0.4, 0.5) is 5.13 Å². The molecule has 7 nitrogen and oxygen atoms in total. The summed E-state index contributed by atoms with van der Waals surface area (Å²) in [5.41, 5.74) is 2.56. The Bertz CT molecular complexity index is 1120. The van der Waals surface area contributed by atoms with Crippen LogP contribution in [-0.4, -0.2) is 29.3 Å². The van der Waals surface area contributed by atoms with Gasteiger partial charge in [0.15, 0.2) is 15.8 Å². The number of anilines is 1. The molecular formula is C21H16N4O3S2. The second-order valence-corrected chi connectivity index (χ2v) is 8.40. The number of nitrogens with zero attached hydrogens (tertiary/aromatic N) is 3. The van der Waals surface area contributed by atoms with E-state index in [-0.39, 0.29) is 5.91 Å². The molecule has 0 atom stereocenters. The van der Waals surface area contributed by atoms with Crippen molar-refractivity contribution in [3.63, 3.8) is 0 Å². The fraction of sp³-hybridized carbons (Fsp3) is 0.143.